The molecular weight excluding hydrogens is 442 g/mol. The SMILES string of the molecule is [2H]C1([2H])CC(=O)NC(=O)[C@]1([2H])N1Cc2cc(CCC(=O)C(F)(F)c3ccc(Cl)cc3)ccc2C1=O. The Labute approximate surface area is 191 Å². The van der Waals surface area contributed by atoms with Crippen molar-refractivity contribution in [3.8, 4) is 0 Å². The monoisotopic (exact) mass is 463 g/mol. The molecule has 0 saturated carbocycles. The summed E-state index contributed by atoms with van der Waals surface area (Å²) in [6.07, 6.45) is -3.93. The first-order valence-corrected chi connectivity index (χ1v) is 10.1. The summed E-state index contributed by atoms with van der Waals surface area (Å²) in [7, 11) is 0. The minimum Gasteiger partial charge on any atom is -0.322 e. The van der Waals surface area contributed by atoms with Crippen molar-refractivity contribution in [2.75, 3.05) is 0 Å². The summed E-state index contributed by atoms with van der Waals surface area (Å²) >= 11 is 5.71. The molecule has 2 aliphatic rings. The van der Waals surface area contributed by atoms with Gasteiger partial charge in [-0.2, -0.15) is 8.78 Å². The summed E-state index contributed by atoms with van der Waals surface area (Å²) in [5.41, 5.74) is 0.487. The minimum atomic E-state index is -3.71. The van der Waals surface area contributed by atoms with E-state index in [-0.39, 0.29) is 23.6 Å². The Kier molecular flexibility index (Phi) is 4.86. The number of carbonyl (C=O) groups is 4. The molecule has 2 aliphatic heterocycles. The van der Waals surface area contributed by atoms with E-state index in [4.69, 9.17) is 15.7 Å². The van der Waals surface area contributed by atoms with Gasteiger partial charge < -0.3 is 4.90 Å². The molecule has 0 radical (unpaired) electrons. The van der Waals surface area contributed by atoms with Crippen LogP contribution < -0.4 is 5.32 Å². The third-order valence-electron chi connectivity index (χ3n) is 5.33. The highest BCUT2D eigenvalue weighted by Gasteiger charge is 2.41. The van der Waals surface area contributed by atoms with Gasteiger partial charge in [0.2, 0.25) is 17.6 Å². The smallest absolute Gasteiger partial charge is 0.322 e. The molecular formula is C23H19ClF2N2O4. The largest absolute Gasteiger partial charge is 0.330 e. The van der Waals surface area contributed by atoms with Crippen molar-refractivity contribution in [1.29, 1.82) is 0 Å². The first-order valence-electron chi connectivity index (χ1n) is 11.2. The fraction of sp³-hybridized carbons (Fsp3) is 0.304. The molecule has 9 heteroatoms. The fourth-order valence-electron chi connectivity index (χ4n) is 3.64. The summed E-state index contributed by atoms with van der Waals surface area (Å²) in [4.78, 5) is 50.0. The number of nitrogens with one attached hydrogen (secondary N) is 1. The molecule has 6 nitrogen and oxygen atoms in total. The molecule has 0 aliphatic carbocycles. The number of piperidine rings is 1. The molecule has 1 saturated heterocycles. The van der Waals surface area contributed by atoms with Gasteiger partial charge >= 0.3 is 5.92 Å². The van der Waals surface area contributed by atoms with Crippen LogP contribution in [0.4, 0.5) is 8.78 Å². The number of amides is 3. The number of Topliss-reactive ketones (excluding diaryl/α,β-unsaturated/α-hetero) is 1. The van der Waals surface area contributed by atoms with Crippen LogP contribution in [-0.4, -0.2) is 34.4 Å². The molecule has 2 heterocycles. The van der Waals surface area contributed by atoms with Crippen molar-refractivity contribution in [2.24, 2.45) is 0 Å². The van der Waals surface area contributed by atoms with E-state index in [9.17, 15) is 28.0 Å². The Bertz CT molecular complexity index is 1260. The third-order valence-corrected chi connectivity index (χ3v) is 5.58. The standard InChI is InChI=1S/C23H19ClF2N2O4/c24-16-5-3-15(4-6-16)23(25,26)19(29)9-2-13-1-7-17-14(11-13)12-28(22(17)32)18-8-10-20(30)27-21(18)31/h1,3-7,11,18H,2,8-10,12H2,(H,27,30,31)/t18-/m1/s1/i8D2,18D. The number of nitrogens with zero attached hydrogens (tertiary/aromatic N) is 1. The highest BCUT2D eigenvalue weighted by Crippen LogP contribution is 2.32. The van der Waals surface area contributed by atoms with Crippen LogP contribution in [0, 0.1) is 0 Å². The molecule has 0 spiro atoms. The van der Waals surface area contributed by atoms with Crippen LogP contribution in [0.2, 0.25) is 5.02 Å². The van der Waals surface area contributed by atoms with E-state index in [1.165, 1.54) is 30.3 Å². The van der Waals surface area contributed by atoms with Crippen LogP contribution >= 0.6 is 11.6 Å². The van der Waals surface area contributed by atoms with Gasteiger partial charge in [0.25, 0.3) is 5.91 Å². The number of rotatable bonds is 6. The second-order valence-corrected chi connectivity index (χ2v) is 7.90. The Hall–Kier alpha value is -3.13. The summed E-state index contributed by atoms with van der Waals surface area (Å²) in [5, 5.41) is 2.17. The van der Waals surface area contributed by atoms with Gasteiger partial charge in [-0.3, -0.25) is 24.5 Å². The lowest BCUT2D eigenvalue weighted by molar-refractivity contribution is -0.144. The molecule has 2 aromatic rings. The van der Waals surface area contributed by atoms with Crippen molar-refractivity contribution in [3.05, 3.63) is 69.7 Å². The molecule has 1 N–H and O–H groups in total. The van der Waals surface area contributed by atoms with Crippen LogP contribution in [0.3, 0.4) is 0 Å². The van der Waals surface area contributed by atoms with Crippen LogP contribution in [0.25, 0.3) is 0 Å². The molecule has 1 atom stereocenters. The third kappa shape index (κ3) is 4.14. The molecule has 166 valence electrons. The number of benzene rings is 2. The number of hydrogen-bond donors (Lipinski definition) is 1. The lowest BCUT2D eigenvalue weighted by atomic mass is 9.97. The van der Waals surface area contributed by atoms with Crippen molar-refractivity contribution in [1.82, 2.24) is 10.2 Å². The zero-order valence-electron chi connectivity index (χ0n) is 19.6. The van der Waals surface area contributed by atoms with Gasteiger partial charge in [-0.1, -0.05) is 35.9 Å². The second kappa shape index (κ2) is 8.43. The van der Waals surface area contributed by atoms with Crippen molar-refractivity contribution >= 4 is 35.1 Å². The highest BCUT2D eigenvalue weighted by atomic mass is 35.5. The van der Waals surface area contributed by atoms with Crippen LogP contribution in [0.5, 0.6) is 0 Å². The highest BCUT2D eigenvalue weighted by molar-refractivity contribution is 6.30. The Morgan fingerprint density at radius 1 is 1.22 bits per heavy atom. The Balaban J connectivity index is 1.51. The predicted octanol–water partition coefficient (Wildman–Crippen LogP) is 3.39. The number of aryl methyl sites for hydroxylation is 1. The van der Waals surface area contributed by atoms with Gasteiger partial charge in [0, 0.05) is 38.3 Å². The molecule has 32 heavy (non-hydrogen) atoms. The number of ketones is 1. The van der Waals surface area contributed by atoms with Crippen molar-refractivity contribution < 1.29 is 32.1 Å². The van der Waals surface area contributed by atoms with Gasteiger partial charge in [-0.15, -0.1) is 0 Å². The molecule has 0 unspecified atom stereocenters. The normalized spacial score (nSPS) is 23.8. The predicted molar refractivity (Wildman–Crippen MR) is 111 cm³/mol. The fourth-order valence-corrected chi connectivity index (χ4v) is 3.76. The Morgan fingerprint density at radius 2 is 1.94 bits per heavy atom. The lowest BCUT2D eigenvalue weighted by Gasteiger charge is -2.29. The van der Waals surface area contributed by atoms with Crippen LogP contribution in [-0.2, 0) is 33.3 Å². The maximum absolute atomic E-state index is 14.5. The van der Waals surface area contributed by atoms with E-state index < -0.39 is 60.2 Å². The van der Waals surface area contributed by atoms with E-state index in [1.54, 1.807) is 0 Å². The van der Waals surface area contributed by atoms with E-state index in [2.05, 4.69) is 0 Å². The summed E-state index contributed by atoms with van der Waals surface area (Å²) in [6, 6.07) is 6.40. The van der Waals surface area contributed by atoms with E-state index in [0.29, 0.717) is 11.1 Å². The summed E-state index contributed by atoms with van der Waals surface area (Å²) in [6.45, 7) is -0.290. The number of fused-ring (bicyclic) bond motifs is 1. The van der Waals surface area contributed by atoms with E-state index in [0.717, 1.165) is 17.0 Å². The van der Waals surface area contributed by atoms with Gasteiger partial charge in [-0.05, 0) is 42.1 Å². The summed E-state index contributed by atoms with van der Waals surface area (Å²) in [5.74, 6) is -7.88. The molecule has 4 rings (SSSR count). The molecule has 0 bridgehead atoms. The van der Waals surface area contributed by atoms with Gasteiger partial charge in [0.15, 0.2) is 0 Å². The minimum absolute atomic E-state index is 0.0503. The number of halogens is 3. The van der Waals surface area contributed by atoms with Crippen molar-refractivity contribution in [3.63, 3.8) is 0 Å². The van der Waals surface area contributed by atoms with Crippen LogP contribution in [0.1, 0.15) is 50.4 Å². The summed E-state index contributed by atoms with van der Waals surface area (Å²) < 4.78 is 53.7. The van der Waals surface area contributed by atoms with Gasteiger partial charge in [0.05, 0.1) is 1.37 Å². The Morgan fingerprint density at radius 3 is 2.62 bits per heavy atom. The first kappa shape index (κ1) is 18.4. The number of hydrogen-bond acceptors (Lipinski definition) is 4. The molecule has 0 aromatic heterocycles. The molecule has 1 fully saturated rings. The number of imide groups is 1. The quantitative estimate of drug-likeness (QED) is 0.665. The van der Waals surface area contributed by atoms with Gasteiger partial charge in [-0.25, -0.2) is 0 Å². The second-order valence-electron chi connectivity index (χ2n) is 7.47. The average molecular weight is 464 g/mol. The molecule has 2 aromatic carbocycles. The van der Waals surface area contributed by atoms with E-state index >= 15 is 0 Å². The number of alkyl halides is 2. The van der Waals surface area contributed by atoms with E-state index in [1.807, 2.05) is 5.32 Å². The zero-order valence-corrected chi connectivity index (χ0v) is 17.3. The lowest BCUT2D eigenvalue weighted by Crippen LogP contribution is -2.52. The maximum atomic E-state index is 14.5. The maximum Gasteiger partial charge on any atom is 0.330 e. The zero-order chi connectivity index (χ0) is 25.8. The van der Waals surface area contributed by atoms with Crippen LogP contribution in [0.15, 0.2) is 42.5 Å². The average Bonchev–Trinajstić information content (AvgIpc) is 3.11. The number of carbonyl (C=O) groups excluding carboxylic acids is 4. The van der Waals surface area contributed by atoms with Crippen molar-refractivity contribution in [2.45, 2.75) is 44.1 Å². The van der Waals surface area contributed by atoms with Gasteiger partial charge in [0.1, 0.15) is 6.02 Å². The molecule has 3 amide bonds. The first-order chi connectivity index (χ1) is 16.3. The topological polar surface area (TPSA) is 83.6 Å².